The van der Waals surface area contributed by atoms with Crippen molar-refractivity contribution in [3.8, 4) is 23.0 Å². The summed E-state index contributed by atoms with van der Waals surface area (Å²) in [6, 6.07) is 9.03. The number of carbonyl (C=O) groups is 6. The summed E-state index contributed by atoms with van der Waals surface area (Å²) in [6.07, 6.45) is 5.10. The van der Waals surface area contributed by atoms with Crippen LogP contribution in [0.15, 0.2) is 74.1 Å². The second kappa shape index (κ2) is 21.3. The van der Waals surface area contributed by atoms with Crippen molar-refractivity contribution < 1.29 is 67.0 Å². The zero-order chi connectivity index (χ0) is 54.9. The van der Waals surface area contributed by atoms with Crippen molar-refractivity contribution in [2.45, 2.75) is 128 Å². The van der Waals surface area contributed by atoms with Crippen LogP contribution in [0.3, 0.4) is 0 Å². The highest BCUT2D eigenvalue weighted by Crippen LogP contribution is 2.47. The minimum Gasteiger partial charge on any atom is -0.496 e. The van der Waals surface area contributed by atoms with Gasteiger partial charge in [-0.2, -0.15) is 0 Å². The van der Waals surface area contributed by atoms with E-state index in [1.807, 2.05) is 38.1 Å². The number of nitrogens with one attached hydrogen (secondary N) is 2. The van der Waals surface area contributed by atoms with Crippen molar-refractivity contribution >= 4 is 57.7 Å². The van der Waals surface area contributed by atoms with Crippen molar-refractivity contribution in [2.75, 3.05) is 34.4 Å². The Bertz CT molecular complexity index is 2910. The quantitative estimate of drug-likeness (QED) is 0.0654. The first kappa shape index (κ1) is 55.1. The van der Waals surface area contributed by atoms with Gasteiger partial charge in [-0.05, 0) is 105 Å². The van der Waals surface area contributed by atoms with Crippen LogP contribution in [0.2, 0.25) is 0 Å². The summed E-state index contributed by atoms with van der Waals surface area (Å²) in [5, 5.41) is 16.8. The first-order chi connectivity index (χ1) is 35.3. The third kappa shape index (κ3) is 11.5. The molecule has 4 amide bonds. The van der Waals surface area contributed by atoms with Gasteiger partial charge in [-0.1, -0.05) is 12.2 Å². The number of ether oxygens (including phenoxy) is 7. The standard InChI is InChI=1S/C28H35N3O7.C27H33N3O7/c1-8-17-14-28(17,25(33)36-7)30-24(32)20-13-18(15-31(20)26(34)38-27(3,4)5)37-22-11-12-29-23-16(2)21(35-6)10-9-19(22)23;1-7-16-13-27(16,24(32)33)29-23(31)19-12-17(14-30(19)25(34)37-26(3,4)5)36-21-10-11-28-22-15(2)20(35-6)9-8-18(21)22/h8-12,17-18,20H,1,13-15H2,2-7H3,(H,30,32);7-11,16-17,19H,1,12-14H2,2-6H3,(H,29,31)(H,32,33)/t17-,18-,20+,28-;16-,17-,19+,27-/m11/s1. The Morgan fingerprint density at radius 2 is 1.04 bits per heavy atom. The highest BCUT2D eigenvalue weighted by Gasteiger charge is 2.63. The molecule has 4 heterocycles. The maximum Gasteiger partial charge on any atom is 0.411 e. The number of nitrogens with zero attached hydrogens (tertiary/aromatic N) is 4. The van der Waals surface area contributed by atoms with Gasteiger partial charge in [0.1, 0.15) is 69.6 Å². The molecule has 0 spiro atoms. The molecule has 20 heteroatoms. The molecule has 402 valence electrons. The number of benzene rings is 2. The number of likely N-dealkylation sites (tertiary alicyclic amines) is 2. The van der Waals surface area contributed by atoms with E-state index in [1.54, 1.807) is 86.4 Å². The second-order valence-electron chi connectivity index (χ2n) is 21.3. The van der Waals surface area contributed by atoms with Gasteiger partial charge in [0.05, 0.1) is 45.5 Å². The SMILES string of the molecule is C=C[C@@H]1C[C@]1(NC(=O)[C@@H]1C[C@@H](Oc2ccnc3c(C)c(OC)ccc23)CN1C(=O)OC(C)(C)C)C(=O)O.C=C[C@@H]1C[C@]1(NC(=O)[C@@H]1C[C@@H](Oc2ccnc3c(C)c(OC)ccc23)CN1C(=O)OC(C)(C)C)C(=O)OC. The van der Waals surface area contributed by atoms with E-state index >= 15 is 0 Å². The van der Waals surface area contributed by atoms with Crippen LogP contribution in [0.1, 0.15) is 78.4 Å². The maximum absolute atomic E-state index is 13.5. The third-order valence-electron chi connectivity index (χ3n) is 13.8. The predicted octanol–water partition coefficient (Wildman–Crippen LogP) is 7.00. The minimum absolute atomic E-state index is 0.0942. The van der Waals surface area contributed by atoms with E-state index in [-0.39, 0.29) is 44.2 Å². The summed E-state index contributed by atoms with van der Waals surface area (Å²) in [6.45, 7) is 21.9. The zero-order valence-corrected chi connectivity index (χ0v) is 44.4. The first-order valence-electron chi connectivity index (χ1n) is 24.7. The predicted molar refractivity (Wildman–Crippen MR) is 276 cm³/mol. The monoisotopic (exact) mass is 1040 g/mol. The molecule has 4 aliphatic rings. The minimum atomic E-state index is -1.41. The van der Waals surface area contributed by atoms with E-state index in [2.05, 4.69) is 33.8 Å². The molecule has 8 rings (SSSR count). The molecule has 8 atom stereocenters. The molecule has 0 bridgehead atoms. The Labute approximate surface area is 436 Å². The summed E-state index contributed by atoms with van der Waals surface area (Å²) in [5.74, 6) is -0.775. The number of esters is 1. The molecule has 2 aromatic heterocycles. The summed E-state index contributed by atoms with van der Waals surface area (Å²) >= 11 is 0. The number of hydrogen-bond acceptors (Lipinski definition) is 15. The average Bonchev–Trinajstić information content (AvgIpc) is 4.13. The first-order valence-corrected chi connectivity index (χ1v) is 24.7. The van der Waals surface area contributed by atoms with Crippen LogP contribution < -0.4 is 29.6 Å². The Kier molecular flexibility index (Phi) is 15.7. The van der Waals surface area contributed by atoms with Crippen LogP contribution in [0.5, 0.6) is 23.0 Å². The summed E-state index contributed by atoms with van der Waals surface area (Å²) in [5.41, 5.74) is -0.912. The molecule has 2 saturated heterocycles. The highest BCUT2D eigenvalue weighted by atomic mass is 16.6. The molecule has 3 N–H and O–H groups in total. The molecule has 4 fully saturated rings. The van der Waals surface area contributed by atoms with E-state index in [0.717, 1.165) is 32.9 Å². The molecule has 2 aliphatic carbocycles. The van der Waals surface area contributed by atoms with Crippen LogP contribution in [-0.2, 0) is 33.4 Å². The van der Waals surface area contributed by atoms with Gasteiger partial charge in [-0.3, -0.25) is 29.4 Å². The lowest BCUT2D eigenvalue weighted by Gasteiger charge is -2.28. The fraction of sp³-hybridized carbons (Fsp3) is 0.491. The van der Waals surface area contributed by atoms with E-state index in [9.17, 15) is 33.9 Å². The lowest BCUT2D eigenvalue weighted by Crippen LogP contribution is -2.53. The largest absolute Gasteiger partial charge is 0.496 e. The van der Waals surface area contributed by atoms with Gasteiger partial charge in [0, 0.05) is 59.0 Å². The number of aromatic nitrogens is 2. The molecule has 2 aromatic carbocycles. The lowest BCUT2D eigenvalue weighted by molar-refractivity contribution is -0.147. The Balaban J connectivity index is 0.000000219. The highest BCUT2D eigenvalue weighted by molar-refractivity contribution is 5.96. The fourth-order valence-electron chi connectivity index (χ4n) is 9.75. The van der Waals surface area contributed by atoms with Crippen molar-refractivity contribution in [3.63, 3.8) is 0 Å². The average molecular weight is 1040 g/mol. The van der Waals surface area contributed by atoms with Gasteiger partial charge >= 0.3 is 24.1 Å². The van der Waals surface area contributed by atoms with Crippen LogP contribution in [0, 0.1) is 25.7 Å². The Morgan fingerprint density at radius 3 is 1.39 bits per heavy atom. The number of aliphatic carboxylic acids is 1. The zero-order valence-electron chi connectivity index (χ0n) is 44.4. The molecular formula is C55H68N6O14. The van der Waals surface area contributed by atoms with Gasteiger partial charge in [-0.25, -0.2) is 19.2 Å². The summed E-state index contributed by atoms with van der Waals surface area (Å²) in [4.78, 5) is 89.0. The van der Waals surface area contributed by atoms with Gasteiger partial charge in [-0.15, -0.1) is 13.2 Å². The van der Waals surface area contributed by atoms with Gasteiger partial charge in [0.2, 0.25) is 11.8 Å². The molecule has 0 unspecified atom stereocenters. The number of fused-ring (bicyclic) bond motifs is 2. The van der Waals surface area contributed by atoms with Crippen molar-refractivity contribution in [1.29, 1.82) is 0 Å². The van der Waals surface area contributed by atoms with Crippen molar-refractivity contribution in [2.24, 2.45) is 11.8 Å². The summed E-state index contributed by atoms with van der Waals surface area (Å²) < 4.78 is 39.5. The third-order valence-corrected chi connectivity index (χ3v) is 13.8. The molecule has 2 aliphatic heterocycles. The Morgan fingerprint density at radius 1 is 0.640 bits per heavy atom. The van der Waals surface area contributed by atoms with Crippen LogP contribution >= 0.6 is 0 Å². The Hall–Kier alpha value is -7.64. The number of methoxy groups -OCH3 is 3. The van der Waals surface area contributed by atoms with E-state index in [1.165, 1.54) is 23.0 Å². The van der Waals surface area contributed by atoms with Crippen molar-refractivity contribution in [3.05, 3.63) is 85.2 Å². The normalized spacial score (nSPS) is 24.7. The smallest absolute Gasteiger partial charge is 0.411 e. The molecule has 2 saturated carbocycles. The number of hydrogen-bond donors (Lipinski definition) is 3. The van der Waals surface area contributed by atoms with E-state index in [4.69, 9.17) is 33.2 Å². The van der Waals surface area contributed by atoms with Gasteiger partial charge < -0.3 is 48.9 Å². The maximum atomic E-state index is 13.5. The molecular weight excluding hydrogens is 969 g/mol. The number of carboxylic acids is 1. The summed E-state index contributed by atoms with van der Waals surface area (Å²) in [7, 11) is 4.47. The second-order valence-corrected chi connectivity index (χ2v) is 21.3. The number of aryl methyl sites for hydroxylation is 2. The number of carbonyl (C=O) groups excluding carboxylic acids is 5. The molecule has 75 heavy (non-hydrogen) atoms. The van der Waals surface area contributed by atoms with Crippen LogP contribution in [-0.4, -0.2) is 142 Å². The number of amides is 4. The van der Waals surface area contributed by atoms with Gasteiger partial charge in [0.15, 0.2) is 0 Å². The fourth-order valence-corrected chi connectivity index (χ4v) is 9.75. The van der Waals surface area contributed by atoms with Crippen LogP contribution in [0.25, 0.3) is 21.8 Å². The van der Waals surface area contributed by atoms with Crippen molar-refractivity contribution in [1.82, 2.24) is 30.4 Å². The number of rotatable bonds is 14. The topological polar surface area (TPSA) is 244 Å². The van der Waals surface area contributed by atoms with E-state index < -0.39 is 82.5 Å². The lowest BCUT2D eigenvalue weighted by atomic mass is 10.1. The molecule has 4 aromatic rings. The molecule has 20 nitrogen and oxygen atoms in total. The number of carboxylic acid groups (broad SMARTS) is 1. The number of pyridine rings is 2. The van der Waals surface area contributed by atoms with Crippen LogP contribution in [0.4, 0.5) is 9.59 Å². The van der Waals surface area contributed by atoms with Gasteiger partial charge in [0.25, 0.3) is 0 Å². The van der Waals surface area contributed by atoms with E-state index in [0.29, 0.717) is 29.4 Å². The molecule has 0 radical (unpaired) electrons.